The lowest BCUT2D eigenvalue weighted by Gasteiger charge is -2.22. The molecular weight excluding hydrogens is 327 g/mol. The number of methoxy groups -OCH3 is 2. The average molecular weight is 350 g/mol. The molecule has 0 aliphatic carbocycles. The molecule has 2 aromatic rings. The minimum Gasteiger partial charge on any atom is -0.496 e. The lowest BCUT2D eigenvalue weighted by molar-refractivity contribution is 0.230. The maximum absolute atomic E-state index is 13.3. The van der Waals surface area contributed by atoms with Crippen LogP contribution in [-0.4, -0.2) is 27.4 Å². The van der Waals surface area contributed by atoms with Crippen molar-refractivity contribution in [3.05, 3.63) is 42.5 Å². The van der Waals surface area contributed by atoms with E-state index in [1.807, 2.05) is 36.4 Å². The van der Waals surface area contributed by atoms with E-state index in [2.05, 4.69) is 0 Å². The Hall–Kier alpha value is -1.81. The van der Waals surface area contributed by atoms with E-state index in [0.29, 0.717) is 22.4 Å². The zero-order valence-electron chi connectivity index (χ0n) is 14.4. The second kappa shape index (κ2) is 8.34. The van der Waals surface area contributed by atoms with E-state index in [1.54, 1.807) is 34.1 Å². The van der Waals surface area contributed by atoms with Gasteiger partial charge in [0.15, 0.2) is 0 Å². The molecule has 0 saturated carbocycles. The molecular formula is C18H23O5P. The van der Waals surface area contributed by atoms with Gasteiger partial charge in [0.2, 0.25) is 0 Å². The summed E-state index contributed by atoms with van der Waals surface area (Å²) in [6, 6.07) is 12.8. The molecule has 130 valence electrons. The molecule has 0 bridgehead atoms. The molecule has 0 N–H and O–H groups in total. The summed E-state index contributed by atoms with van der Waals surface area (Å²) in [4.78, 5) is 0. The van der Waals surface area contributed by atoms with E-state index in [9.17, 15) is 4.57 Å². The highest BCUT2D eigenvalue weighted by Crippen LogP contribution is 2.51. The summed E-state index contributed by atoms with van der Waals surface area (Å²) in [5.41, 5.74) is 1.43. The van der Waals surface area contributed by atoms with Gasteiger partial charge in [0, 0.05) is 5.56 Å². The highest BCUT2D eigenvalue weighted by molar-refractivity contribution is 7.62. The van der Waals surface area contributed by atoms with Crippen LogP contribution < -0.4 is 14.8 Å². The average Bonchev–Trinajstić information content (AvgIpc) is 2.61. The van der Waals surface area contributed by atoms with Crippen molar-refractivity contribution in [1.82, 2.24) is 0 Å². The van der Waals surface area contributed by atoms with Crippen molar-refractivity contribution in [1.29, 1.82) is 0 Å². The molecule has 0 fully saturated rings. The lowest BCUT2D eigenvalue weighted by Crippen LogP contribution is -2.14. The Balaban J connectivity index is 2.73. The highest BCUT2D eigenvalue weighted by atomic mass is 31.2. The van der Waals surface area contributed by atoms with Gasteiger partial charge in [0.1, 0.15) is 11.5 Å². The molecule has 0 aromatic heterocycles. The Labute approximate surface area is 143 Å². The standard InChI is InChI=1S/C18H23O5P/c1-5-22-24(19,23-6-2)17-13-8-7-10-14(17)18-15(20-3)11-9-12-16(18)21-4/h7-13H,5-6H2,1-4H3. The maximum Gasteiger partial charge on any atom is 0.361 e. The molecule has 0 aliphatic heterocycles. The summed E-state index contributed by atoms with van der Waals surface area (Å²) in [7, 11) is -0.269. The minimum absolute atomic E-state index is 0.286. The molecule has 5 nitrogen and oxygen atoms in total. The summed E-state index contributed by atoms with van der Waals surface area (Å²) >= 11 is 0. The van der Waals surface area contributed by atoms with Gasteiger partial charge in [0.25, 0.3) is 0 Å². The summed E-state index contributed by atoms with van der Waals surface area (Å²) in [5, 5.41) is 0.497. The molecule has 2 rings (SSSR count). The number of ether oxygens (including phenoxy) is 2. The van der Waals surface area contributed by atoms with Crippen LogP contribution in [-0.2, 0) is 13.6 Å². The van der Waals surface area contributed by atoms with Gasteiger partial charge >= 0.3 is 7.60 Å². The third-order valence-electron chi connectivity index (χ3n) is 3.49. The van der Waals surface area contributed by atoms with Crippen LogP contribution in [0.1, 0.15) is 13.8 Å². The molecule has 0 unspecified atom stereocenters. The Morgan fingerprint density at radius 1 is 0.833 bits per heavy atom. The van der Waals surface area contributed by atoms with Gasteiger partial charge in [-0.3, -0.25) is 4.57 Å². The van der Waals surface area contributed by atoms with E-state index in [0.717, 1.165) is 5.56 Å². The summed E-state index contributed by atoms with van der Waals surface area (Å²) in [6.07, 6.45) is 0. The molecule has 0 radical (unpaired) electrons. The molecule has 0 atom stereocenters. The van der Waals surface area contributed by atoms with E-state index in [-0.39, 0.29) is 13.2 Å². The molecule has 2 aromatic carbocycles. The first-order valence-corrected chi connectivity index (χ1v) is 9.35. The minimum atomic E-state index is -3.45. The van der Waals surface area contributed by atoms with Crippen LogP contribution in [0, 0.1) is 0 Å². The fraction of sp³-hybridized carbons (Fsp3) is 0.333. The van der Waals surface area contributed by atoms with Gasteiger partial charge in [-0.2, -0.15) is 0 Å². The third kappa shape index (κ3) is 3.64. The molecule has 0 spiro atoms. The van der Waals surface area contributed by atoms with Crippen LogP contribution >= 0.6 is 7.60 Å². The van der Waals surface area contributed by atoms with Crippen LogP contribution in [0.2, 0.25) is 0 Å². The van der Waals surface area contributed by atoms with Gasteiger partial charge in [-0.1, -0.05) is 24.3 Å². The van der Waals surface area contributed by atoms with Crippen LogP contribution in [0.3, 0.4) is 0 Å². The molecule has 0 saturated heterocycles. The van der Waals surface area contributed by atoms with Gasteiger partial charge in [-0.15, -0.1) is 0 Å². The van der Waals surface area contributed by atoms with Gasteiger partial charge in [0.05, 0.1) is 38.3 Å². The number of hydrogen-bond acceptors (Lipinski definition) is 5. The quantitative estimate of drug-likeness (QED) is 0.666. The largest absolute Gasteiger partial charge is 0.496 e. The number of hydrogen-bond donors (Lipinski definition) is 0. The number of rotatable bonds is 8. The zero-order valence-corrected chi connectivity index (χ0v) is 15.3. The van der Waals surface area contributed by atoms with Crippen molar-refractivity contribution >= 4 is 12.9 Å². The topological polar surface area (TPSA) is 54.0 Å². The van der Waals surface area contributed by atoms with Crippen LogP contribution in [0.4, 0.5) is 0 Å². The molecule has 6 heteroatoms. The Bertz CT molecular complexity index is 697. The van der Waals surface area contributed by atoms with Crippen molar-refractivity contribution in [2.75, 3.05) is 27.4 Å². The first-order valence-electron chi connectivity index (χ1n) is 7.81. The first-order chi connectivity index (χ1) is 11.6. The summed E-state index contributed by atoms with van der Waals surface area (Å²) in [6.45, 7) is 4.15. The van der Waals surface area contributed by atoms with E-state index in [1.165, 1.54) is 0 Å². The van der Waals surface area contributed by atoms with Crippen LogP contribution in [0.25, 0.3) is 11.1 Å². The maximum atomic E-state index is 13.3. The highest BCUT2D eigenvalue weighted by Gasteiger charge is 2.31. The van der Waals surface area contributed by atoms with Crippen LogP contribution in [0.15, 0.2) is 42.5 Å². The second-order valence-electron chi connectivity index (χ2n) is 4.89. The molecule has 0 heterocycles. The molecule has 0 aliphatic rings. The SMILES string of the molecule is CCOP(=O)(OCC)c1ccccc1-c1c(OC)cccc1OC. The predicted molar refractivity (Wildman–Crippen MR) is 95.5 cm³/mol. The predicted octanol–water partition coefficient (Wildman–Crippen LogP) is 4.26. The van der Waals surface area contributed by atoms with Crippen LogP contribution in [0.5, 0.6) is 11.5 Å². The molecule has 0 amide bonds. The lowest BCUT2D eigenvalue weighted by atomic mass is 10.0. The smallest absolute Gasteiger partial charge is 0.361 e. The van der Waals surface area contributed by atoms with E-state index >= 15 is 0 Å². The van der Waals surface area contributed by atoms with Crippen molar-refractivity contribution in [2.45, 2.75) is 13.8 Å². The number of benzene rings is 2. The Morgan fingerprint density at radius 2 is 1.38 bits per heavy atom. The van der Waals surface area contributed by atoms with Gasteiger partial charge < -0.3 is 18.5 Å². The Morgan fingerprint density at radius 3 is 1.88 bits per heavy atom. The second-order valence-corrected chi connectivity index (χ2v) is 6.88. The van der Waals surface area contributed by atoms with Crippen molar-refractivity contribution in [3.63, 3.8) is 0 Å². The van der Waals surface area contributed by atoms with Gasteiger partial charge in [-0.25, -0.2) is 0 Å². The summed E-state index contributed by atoms with van der Waals surface area (Å²) in [5.74, 6) is 1.25. The zero-order chi connectivity index (χ0) is 17.6. The fourth-order valence-corrected chi connectivity index (χ4v) is 4.34. The fourth-order valence-electron chi connectivity index (χ4n) is 2.56. The Kier molecular flexibility index (Phi) is 6.44. The van der Waals surface area contributed by atoms with Crippen molar-refractivity contribution < 1.29 is 23.1 Å². The summed E-state index contributed by atoms with van der Waals surface area (Å²) < 4.78 is 35.3. The van der Waals surface area contributed by atoms with Gasteiger partial charge in [-0.05, 0) is 32.0 Å². The van der Waals surface area contributed by atoms with E-state index in [4.69, 9.17) is 18.5 Å². The first kappa shape index (κ1) is 18.5. The normalized spacial score (nSPS) is 11.3. The van der Waals surface area contributed by atoms with Crippen molar-refractivity contribution in [2.24, 2.45) is 0 Å². The monoisotopic (exact) mass is 350 g/mol. The molecule has 24 heavy (non-hydrogen) atoms. The van der Waals surface area contributed by atoms with E-state index < -0.39 is 7.60 Å². The third-order valence-corrected chi connectivity index (χ3v) is 5.67. The van der Waals surface area contributed by atoms with Crippen molar-refractivity contribution in [3.8, 4) is 22.6 Å².